The topological polar surface area (TPSA) is 90.4 Å². The third-order valence-electron chi connectivity index (χ3n) is 8.11. The van der Waals surface area contributed by atoms with E-state index >= 15 is 0 Å². The van der Waals surface area contributed by atoms with Gasteiger partial charge in [0, 0.05) is 48.8 Å². The summed E-state index contributed by atoms with van der Waals surface area (Å²) in [6.45, 7) is 8.65. The number of ether oxygens (including phenoxy) is 1. The zero-order chi connectivity index (χ0) is 28.3. The fourth-order valence-electron chi connectivity index (χ4n) is 6.44. The molecule has 39 heavy (non-hydrogen) atoms. The monoisotopic (exact) mass is 621 g/mol. The molecule has 3 aliphatic heterocycles. The smallest absolute Gasteiger partial charge is 0.253 e. The highest BCUT2D eigenvalue weighted by atomic mass is 79.9. The van der Waals surface area contributed by atoms with Crippen molar-refractivity contribution in [1.29, 1.82) is 0 Å². The minimum atomic E-state index is -1.13. The summed E-state index contributed by atoms with van der Waals surface area (Å²) in [5, 5.41) is 9.70. The number of hydrogen-bond donors (Lipinski definition) is 1. The Bertz CT molecular complexity index is 1100. The van der Waals surface area contributed by atoms with Gasteiger partial charge in [-0.1, -0.05) is 52.5 Å². The molecule has 0 aromatic heterocycles. The molecule has 3 heterocycles. The zero-order valence-corrected chi connectivity index (χ0v) is 24.6. The number of amides is 3. The van der Waals surface area contributed by atoms with Crippen molar-refractivity contribution in [3.63, 3.8) is 0 Å². The lowest BCUT2D eigenvalue weighted by Crippen LogP contribution is -2.57. The van der Waals surface area contributed by atoms with Crippen molar-refractivity contribution in [2.45, 2.75) is 54.7 Å². The van der Waals surface area contributed by atoms with Gasteiger partial charge in [0.15, 0.2) is 0 Å². The van der Waals surface area contributed by atoms with E-state index in [-0.39, 0.29) is 35.7 Å². The first-order chi connectivity index (χ1) is 18.7. The van der Waals surface area contributed by atoms with Gasteiger partial charge >= 0.3 is 0 Å². The van der Waals surface area contributed by atoms with Gasteiger partial charge < -0.3 is 24.5 Å². The van der Waals surface area contributed by atoms with E-state index in [2.05, 4.69) is 29.1 Å². The average Bonchev–Trinajstić information content (AvgIpc) is 3.50. The average molecular weight is 623 g/mol. The Hall–Kier alpha value is -2.20. The molecular weight excluding hydrogens is 586 g/mol. The molecule has 6 atom stereocenters. The van der Waals surface area contributed by atoms with E-state index in [0.717, 1.165) is 12.8 Å². The van der Waals surface area contributed by atoms with Crippen LogP contribution in [0.15, 0.2) is 49.6 Å². The fraction of sp³-hybridized carbons (Fsp3) is 0.552. The molecule has 1 aromatic rings. The van der Waals surface area contributed by atoms with Gasteiger partial charge in [-0.2, -0.15) is 0 Å². The molecule has 2 bridgehead atoms. The van der Waals surface area contributed by atoms with Gasteiger partial charge in [0.05, 0.1) is 17.9 Å². The standard InChI is InChI=1S/C29H37BrClN3O5/c1-4-14-32(3)26(36)22-23-27(37)34(16-8-6-7-9-17-35)25(29(23)18-21(30)24(22)39-29)28(38)33(15-5-2)20-12-10-19(31)11-13-20/h4-5,10-13,21-25,35H,1-2,6-9,14-18H2,3H3/t21?,22-,23-,24-,25?,29?/m0/s1. The zero-order valence-electron chi connectivity index (χ0n) is 22.3. The van der Waals surface area contributed by atoms with Gasteiger partial charge in [0.25, 0.3) is 5.91 Å². The molecule has 0 radical (unpaired) electrons. The summed E-state index contributed by atoms with van der Waals surface area (Å²) in [4.78, 5) is 46.9. The van der Waals surface area contributed by atoms with Gasteiger partial charge in [-0.05, 0) is 43.5 Å². The first-order valence-corrected chi connectivity index (χ1v) is 14.8. The molecule has 0 saturated carbocycles. The van der Waals surface area contributed by atoms with Crippen molar-refractivity contribution < 1.29 is 24.2 Å². The van der Waals surface area contributed by atoms with Crippen molar-refractivity contribution in [3.8, 4) is 0 Å². The number of hydrogen-bond acceptors (Lipinski definition) is 5. The molecule has 8 nitrogen and oxygen atoms in total. The van der Waals surface area contributed by atoms with Crippen molar-refractivity contribution in [2.75, 3.05) is 38.2 Å². The molecule has 3 aliphatic rings. The number of rotatable bonds is 13. The SMILES string of the molecule is C=CCN(C)C(=O)[C@H]1[C@H]2C(=O)N(CCCCCCO)C(C(=O)N(CC=C)c3ccc(Cl)cc3)C23CC(Br)[C@@H]1O3. The van der Waals surface area contributed by atoms with Crippen LogP contribution >= 0.6 is 27.5 Å². The first kappa shape index (κ1) is 29.8. The number of likely N-dealkylation sites (tertiary alicyclic amines) is 1. The fourth-order valence-corrected chi connectivity index (χ4v) is 7.51. The van der Waals surface area contributed by atoms with Crippen LogP contribution < -0.4 is 4.90 Å². The van der Waals surface area contributed by atoms with E-state index in [9.17, 15) is 14.4 Å². The summed E-state index contributed by atoms with van der Waals surface area (Å²) in [6.07, 6.45) is 6.24. The van der Waals surface area contributed by atoms with Crippen molar-refractivity contribution in [1.82, 2.24) is 9.80 Å². The van der Waals surface area contributed by atoms with E-state index in [1.807, 2.05) is 0 Å². The second-order valence-corrected chi connectivity index (χ2v) is 12.2. The van der Waals surface area contributed by atoms with Crippen LogP contribution in [0.1, 0.15) is 32.1 Å². The summed E-state index contributed by atoms with van der Waals surface area (Å²) >= 11 is 9.83. The molecule has 1 N–H and O–H groups in total. The summed E-state index contributed by atoms with van der Waals surface area (Å²) < 4.78 is 6.61. The van der Waals surface area contributed by atoms with E-state index in [4.69, 9.17) is 21.4 Å². The molecule has 3 amide bonds. The first-order valence-electron chi connectivity index (χ1n) is 13.5. The maximum absolute atomic E-state index is 14.5. The van der Waals surface area contributed by atoms with E-state index in [1.54, 1.807) is 58.2 Å². The molecule has 3 fully saturated rings. The number of aliphatic hydroxyl groups is 1. The molecule has 1 spiro atoms. The number of likely N-dealkylation sites (N-methyl/N-ethyl adjacent to an activating group) is 1. The third-order valence-corrected chi connectivity index (χ3v) is 9.21. The number of alkyl halides is 1. The minimum absolute atomic E-state index is 0.121. The largest absolute Gasteiger partial charge is 0.396 e. The molecule has 10 heteroatoms. The van der Waals surface area contributed by atoms with Crippen molar-refractivity contribution >= 4 is 50.9 Å². The van der Waals surface area contributed by atoms with Crippen molar-refractivity contribution in [2.24, 2.45) is 11.8 Å². The van der Waals surface area contributed by atoms with Crippen LogP contribution in [0.4, 0.5) is 5.69 Å². The highest BCUT2D eigenvalue weighted by Gasteiger charge is 2.76. The lowest BCUT2D eigenvalue weighted by molar-refractivity contribution is -0.144. The second kappa shape index (κ2) is 12.5. The number of unbranched alkanes of at least 4 members (excludes halogenated alkanes) is 3. The number of fused-ring (bicyclic) bond motifs is 1. The normalized spacial score (nSPS) is 28.9. The van der Waals surface area contributed by atoms with Gasteiger partial charge in [-0.25, -0.2) is 0 Å². The summed E-state index contributed by atoms with van der Waals surface area (Å²) in [6, 6.07) is 6.08. The number of halogens is 2. The highest BCUT2D eigenvalue weighted by molar-refractivity contribution is 9.09. The number of benzene rings is 1. The molecule has 4 rings (SSSR count). The Morgan fingerprint density at radius 2 is 1.82 bits per heavy atom. The van der Waals surface area contributed by atoms with Crippen LogP contribution in [0.25, 0.3) is 0 Å². The van der Waals surface area contributed by atoms with Crippen LogP contribution in [-0.2, 0) is 19.1 Å². The quantitative estimate of drug-likeness (QED) is 0.205. The summed E-state index contributed by atoms with van der Waals surface area (Å²) in [7, 11) is 1.69. The van der Waals surface area contributed by atoms with Crippen LogP contribution in [0.2, 0.25) is 5.02 Å². The predicted octanol–water partition coefficient (Wildman–Crippen LogP) is 3.80. The van der Waals surface area contributed by atoms with Gasteiger partial charge in [0.2, 0.25) is 11.8 Å². The maximum Gasteiger partial charge on any atom is 0.253 e. The van der Waals surface area contributed by atoms with Gasteiger partial charge in [0.1, 0.15) is 11.6 Å². The summed E-state index contributed by atoms with van der Waals surface area (Å²) in [5.41, 5.74) is -0.486. The Morgan fingerprint density at radius 1 is 1.15 bits per heavy atom. The second-order valence-electron chi connectivity index (χ2n) is 10.6. The molecular formula is C29H37BrClN3O5. The molecule has 3 saturated heterocycles. The van der Waals surface area contributed by atoms with Crippen LogP contribution in [0.3, 0.4) is 0 Å². The van der Waals surface area contributed by atoms with Crippen molar-refractivity contribution in [3.05, 3.63) is 54.6 Å². The summed E-state index contributed by atoms with van der Waals surface area (Å²) in [5.74, 6) is -2.11. The Labute approximate surface area is 243 Å². The lowest BCUT2D eigenvalue weighted by atomic mass is 9.70. The van der Waals surface area contributed by atoms with Crippen LogP contribution in [0, 0.1) is 11.8 Å². The lowest BCUT2D eigenvalue weighted by Gasteiger charge is -2.37. The van der Waals surface area contributed by atoms with Crippen LogP contribution in [0.5, 0.6) is 0 Å². The Kier molecular flexibility index (Phi) is 9.57. The molecule has 1 aromatic carbocycles. The number of nitrogens with zero attached hydrogens (tertiary/aromatic N) is 3. The molecule has 0 aliphatic carbocycles. The predicted molar refractivity (Wildman–Crippen MR) is 155 cm³/mol. The molecule has 3 unspecified atom stereocenters. The number of carbonyl (C=O) groups excluding carboxylic acids is 3. The Balaban J connectivity index is 1.73. The highest BCUT2D eigenvalue weighted by Crippen LogP contribution is 2.60. The molecule has 212 valence electrons. The number of anilines is 1. The number of aliphatic hydroxyl groups excluding tert-OH is 1. The van der Waals surface area contributed by atoms with E-state index < -0.39 is 29.6 Å². The van der Waals surface area contributed by atoms with E-state index in [1.165, 1.54) is 0 Å². The third kappa shape index (κ3) is 5.43. The van der Waals surface area contributed by atoms with Gasteiger partial charge in [-0.15, -0.1) is 13.2 Å². The number of carbonyl (C=O) groups is 3. The Morgan fingerprint density at radius 3 is 2.46 bits per heavy atom. The maximum atomic E-state index is 14.5. The minimum Gasteiger partial charge on any atom is -0.396 e. The van der Waals surface area contributed by atoms with Gasteiger partial charge in [-0.3, -0.25) is 14.4 Å². The van der Waals surface area contributed by atoms with Crippen LogP contribution in [-0.4, -0.2) is 88.5 Å². The van der Waals surface area contributed by atoms with E-state index in [0.29, 0.717) is 43.1 Å².